The number of nitrogens with one attached hydrogen (secondary N) is 1. The van der Waals surface area contributed by atoms with Crippen LogP contribution >= 0.6 is 15.9 Å². The molecule has 1 fully saturated rings. The Morgan fingerprint density at radius 3 is 2.41 bits per heavy atom. The van der Waals surface area contributed by atoms with Gasteiger partial charge in [-0.3, -0.25) is 14.5 Å². The molecule has 0 radical (unpaired) electrons. The van der Waals surface area contributed by atoms with Gasteiger partial charge in [-0.15, -0.1) is 13.2 Å². The van der Waals surface area contributed by atoms with E-state index in [1.54, 1.807) is 0 Å². The van der Waals surface area contributed by atoms with Crippen LogP contribution in [-0.4, -0.2) is 48.6 Å². The molecule has 0 aromatic heterocycles. The minimum absolute atomic E-state index is 0.0147. The Kier molecular flexibility index (Phi) is 8.56. The summed E-state index contributed by atoms with van der Waals surface area (Å²) in [7, 11) is 0. The lowest BCUT2D eigenvalue weighted by Gasteiger charge is -2.34. The number of nitrogens with zero attached hydrogens (tertiary/aromatic N) is 1. The third kappa shape index (κ3) is 7.44. The second-order valence-electron chi connectivity index (χ2n) is 8.21. The topological polar surface area (TPSA) is 111 Å². The molecular formula is C23H26BrF3N4O3. The van der Waals surface area contributed by atoms with E-state index in [0.717, 1.165) is 55.1 Å². The smallest absolute Gasteiger partial charge is 0.406 e. The van der Waals surface area contributed by atoms with Crippen LogP contribution in [0.15, 0.2) is 46.9 Å². The number of amides is 1. The van der Waals surface area contributed by atoms with Crippen LogP contribution in [-0.2, 0) is 11.3 Å². The number of ether oxygens (including phenoxy) is 1. The zero-order valence-electron chi connectivity index (χ0n) is 18.3. The molecule has 1 heterocycles. The fourth-order valence-electron chi connectivity index (χ4n) is 3.89. The number of carbonyl (C=O) groups excluding carboxylic acids is 2. The van der Waals surface area contributed by atoms with E-state index in [1.807, 2.05) is 12.1 Å². The molecule has 1 aliphatic heterocycles. The maximum atomic E-state index is 12.6. The Hall–Kier alpha value is -2.63. The van der Waals surface area contributed by atoms with Crippen molar-refractivity contribution < 1.29 is 27.5 Å². The van der Waals surface area contributed by atoms with Crippen molar-refractivity contribution in [2.24, 2.45) is 11.7 Å². The number of Topliss-reactive ketones (excluding diaryl/α,β-unsaturated/α-hetero) is 1. The van der Waals surface area contributed by atoms with Gasteiger partial charge in [0.15, 0.2) is 5.78 Å². The third-order valence-corrected chi connectivity index (χ3v) is 6.29. The summed E-state index contributed by atoms with van der Waals surface area (Å²) in [5.74, 6) is -1.72. The molecule has 1 amide bonds. The summed E-state index contributed by atoms with van der Waals surface area (Å²) in [5, 5.41) is 2.40. The number of alkyl halides is 3. The number of hydrogen-bond donors (Lipinski definition) is 3. The lowest BCUT2D eigenvalue weighted by Crippen LogP contribution is -2.47. The highest BCUT2D eigenvalue weighted by atomic mass is 79.9. The van der Waals surface area contributed by atoms with E-state index in [0.29, 0.717) is 0 Å². The average molecular weight is 543 g/mol. The molecule has 7 nitrogen and oxygen atoms in total. The van der Waals surface area contributed by atoms with Gasteiger partial charge in [0, 0.05) is 16.7 Å². The van der Waals surface area contributed by atoms with Gasteiger partial charge in [0.25, 0.3) is 5.91 Å². The highest BCUT2D eigenvalue weighted by molar-refractivity contribution is 9.10. The van der Waals surface area contributed by atoms with Gasteiger partial charge < -0.3 is 21.5 Å². The molecule has 1 atom stereocenters. The lowest BCUT2D eigenvalue weighted by molar-refractivity contribution is -0.274. The maximum Gasteiger partial charge on any atom is 0.573 e. The lowest BCUT2D eigenvalue weighted by atomic mass is 9.87. The molecule has 1 unspecified atom stereocenters. The molecule has 0 saturated carbocycles. The summed E-state index contributed by atoms with van der Waals surface area (Å²) >= 11 is 3.42. The van der Waals surface area contributed by atoms with Crippen molar-refractivity contribution in [2.45, 2.75) is 31.8 Å². The van der Waals surface area contributed by atoms with E-state index in [1.165, 1.54) is 5.56 Å². The van der Waals surface area contributed by atoms with Crippen molar-refractivity contribution in [3.8, 4) is 5.75 Å². The Balaban J connectivity index is 1.48. The van der Waals surface area contributed by atoms with Gasteiger partial charge in [-0.1, -0.05) is 28.1 Å². The Morgan fingerprint density at radius 1 is 1.15 bits per heavy atom. The second-order valence-corrected chi connectivity index (χ2v) is 9.13. The van der Waals surface area contributed by atoms with E-state index >= 15 is 0 Å². The number of benzene rings is 2. The highest BCUT2D eigenvalue weighted by Gasteiger charge is 2.32. The van der Waals surface area contributed by atoms with Crippen molar-refractivity contribution >= 4 is 33.3 Å². The molecule has 2 aromatic rings. The van der Waals surface area contributed by atoms with Gasteiger partial charge in [0.05, 0.1) is 18.2 Å². The maximum absolute atomic E-state index is 12.6. The number of anilines is 1. The first-order valence-corrected chi connectivity index (χ1v) is 11.5. The van der Waals surface area contributed by atoms with Crippen LogP contribution in [0.25, 0.3) is 0 Å². The predicted molar refractivity (Wildman–Crippen MR) is 125 cm³/mol. The molecule has 34 heavy (non-hydrogen) atoms. The van der Waals surface area contributed by atoms with Gasteiger partial charge >= 0.3 is 6.36 Å². The number of carbonyl (C=O) groups is 2. The van der Waals surface area contributed by atoms with Crippen LogP contribution in [0, 0.1) is 5.92 Å². The minimum Gasteiger partial charge on any atom is -0.406 e. The van der Waals surface area contributed by atoms with E-state index in [-0.39, 0.29) is 29.5 Å². The first kappa shape index (κ1) is 26.0. The quantitative estimate of drug-likeness (QED) is 0.440. The molecule has 0 spiro atoms. The number of hydrogen-bond acceptors (Lipinski definition) is 6. The molecule has 184 valence electrons. The van der Waals surface area contributed by atoms with E-state index in [4.69, 9.17) is 11.5 Å². The van der Waals surface area contributed by atoms with Crippen molar-refractivity contribution in [3.05, 3.63) is 58.1 Å². The molecule has 0 bridgehead atoms. The Labute approximate surface area is 203 Å². The number of nitrogen functional groups attached to an aromatic ring is 1. The Bertz CT molecular complexity index is 1010. The Morgan fingerprint density at radius 2 is 1.79 bits per heavy atom. The average Bonchev–Trinajstić information content (AvgIpc) is 2.79. The van der Waals surface area contributed by atoms with E-state index < -0.39 is 24.1 Å². The SMILES string of the molecule is Nc1ccc(OC(F)(F)F)cc1C(=O)NCC(=O)C(N)C1CCN(Cc2ccc(Br)cc2)CC1. The first-order chi connectivity index (χ1) is 16.0. The minimum atomic E-state index is -4.90. The first-order valence-electron chi connectivity index (χ1n) is 10.7. The molecule has 5 N–H and O–H groups in total. The van der Waals surface area contributed by atoms with Gasteiger partial charge in [0.2, 0.25) is 0 Å². The number of ketones is 1. The zero-order chi connectivity index (χ0) is 24.9. The van der Waals surface area contributed by atoms with Gasteiger partial charge in [0.1, 0.15) is 5.75 Å². The summed E-state index contributed by atoms with van der Waals surface area (Å²) in [4.78, 5) is 27.3. The van der Waals surface area contributed by atoms with Crippen molar-refractivity contribution in [1.82, 2.24) is 10.2 Å². The van der Waals surface area contributed by atoms with Crippen molar-refractivity contribution in [2.75, 3.05) is 25.4 Å². The van der Waals surface area contributed by atoms with Crippen LogP contribution in [0.4, 0.5) is 18.9 Å². The van der Waals surface area contributed by atoms with Crippen LogP contribution < -0.4 is 21.5 Å². The summed E-state index contributed by atoms with van der Waals surface area (Å²) in [6.45, 7) is 2.08. The molecule has 3 rings (SSSR count). The monoisotopic (exact) mass is 542 g/mol. The van der Waals surface area contributed by atoms with E-state index in [2.05, 4.69) is 43.0 Å². The normalized spacial score (nSPS) is 16.1. The molecule has 2 aromatic carbocycles. The van der Waals surface area contributed by atoms with Gasteiger partial charge in [-0.05, 0) is 67.7 Å². The molecular weight excluding hydrogens is 517 g/mol. The van der Waals surface area contributed by atoms with Crippen LogP contribution in [0.3, 0.4) is 0 Å². The summed E-state index contributed by atoms with van der Waals surface area (Å²) in [5.41, 5.74) is 12.8. The fourth-order valence-corrected chi connectivity index (χ4v) is 4.16. The van der Waals surface area contributed by atoms with Crippen molar-refractivity contribution in [3.63, 3.8) is 0 Å². The standard InChI is InChI=1S/C23H26BrF3N4O3/c24-16-3-1-14(2-4-16)13-31-9-7-15(8-10-31)21(29)20(32)12-30-22(33)18-11-17(5-6-19(18)28)34-23(25,26)27/h1-6,11,15,21H,7-10,12-13,28-29H2,(H,30,33). The summed E-state index contributed by atoms with van der Waals surface area (Å²) < 4.78 is 42.1. The number of nitrogens with two attached hydrogens (primary N) is 2. The summed E-state index contributed by atoms with van der Waals surface area (Å²) in [6, 6.07) is 10.4. The number of piperidine rings is 1. The van der Waals surface area contributed by atoms with Crippen LogP contribution in [0.5, 0.6) is 5.75 Å². The second kappa shape index (κ2) is 11.2. The highest BCUT2D eigenvalue weighted by Crippen LogP contribution is 2.26. The van der Waals surface area contributed by atoms with Crippen LogP contribution in [0.1, 0.15) is 28.8 Å². The largest absolute Gasteiger partial charge is 0.573 e. The third-order valence-electron chi connectivity index (χ3n) is 5.76. The van der Waals surface area contributed by atoms with Gasteiger partial charge in [-0.25, -0.2) is 0 Å². The molecule has 0 aliphatic carbocycles. The molecule has 1 aliphatic rings. The fraction of sp³-hybridized carbons (Fsp3) is 0.391. The molecule has 11 heteroatoms. The number of halogens is 4. The number of likely N-dealkylation sites (tertiary alicyclic amines) is 1. The van der Waals surface area contributed by atoms with Crippen LogP contribution in [0.2, 0.25) is 0 Å². The zero-order valence-corrected chi connectivity index (χ0v) is 19.9. The predicted octanol–water partition coefficient (Wildman–Crippen LogP) is 3.47. The van der Waals surface area contributed by atoms with E-state index in [9.17, 15) is 22.8 Å². The van der Waals surface area contributed by atoms with Crippen molar-refractivity contribution in [1.29, 1.82) is 0 Å². The van der Waals surface area contributed by atoms with Gasteiger partial charge in [-0.2, -0.15) is 0 Å². The number of rotatable bonds is 8. The summed E-state index contributed by atoms with van der Waals surface area (Å²) in [6.07, 6.45) is -3.40. The molecule has 1 saturated heterocycles.